The summed E-state index contributed by atoms with van der Waals surface area (Å²) in [5.41, 5.74) is 11.3. The van der Waals surface area contributed by atoms with Gasteiger partial charge in [0.1, 0.15) is 17.2 Å². The average molecular weight is 373 g/mol. The molecule has 0 aliphatic heterocycles. The number of amides is 2. The Morgan fingerprint density at radius 2 is 1.81 bits per heavy atom. The number of anilines is 1. The number of halogens is 1. The van der Waals surface area contributed by atoms with Crippen molar-refractivity contribution in [3.63, 3.8) is 0 Å². The number of nitrogens with two attached hydrogens (primary N) is 2. The molecule has 27 heavy (non-hydrogen) atoms. The molecule has 0 saturated heterocycles. The SMILES string of the molecule is CNC(C)(C(N)=O)[C@H](Cc1ccc(F)cc1)C(=O)NCc1ccc(N)nc1. The summed E-state index contributed by atoms with van der Waals surface area (Å²) in [5, 5.41) is 5.66. The molecule has 1 aromatic carbocycles. The molecule has 2 aromatic rings. The van der Waals surface area contributed by atoms with Crippen molar-refractivity contribution in [3.8, 4) is 0 Å². The Labute approximate surface area is 157 Å². The number of carbonyl (C=O) groups excluding carboxylic acids is 2. The first-order valence-electron chi connectivity index (χ1n) is 8.47. The van der Waals surface area contributed by atoms with E-state index in [0.29, 0.717) is 11.4 Å². The number of hydrogen-bond acceptors (Lipinski definition) is 5. The highest BCUT2D eigenvalue weighted by atomic mass is 19.1. The molecule has 0 aliphatic rings. The van der Waals surface area contributed by atoms with Gasteiger partial charge in [0.2, 0.25) is 11.8 Å². The zero-order chi connectivity index (χ0) is 20.0. The number of nitrogens with zero attached hydrogens (tertiary/aromatic N) is 1. The van der Waals surface area contributed by atoms with Gasteiger partial charge in [-0.3, -0.25) is 9.59 Å². The predicted molar refractivity (Wildman–Crippen MR) is 101 cm³/mol. The lowest BCUT2D eigenvalue weighted by atomic mass is 9.80. The van der Waals surface area contributed by atoms with Gasteiger partial charge in [-0.1, -0.05) is 18.2 Å². The Kier molecular flexibility index (Phi) is 6.46. The molecular weight excluding hydrogens is 349 g/mol. The van der Waals surface area contributed by atoms with Crippen molar-refractivity contribution in [1.29, 1.82) is 0 Å². The van der Waals surface area contributed by atoms with Crippen LogP contribution in [0.4, 0.5) is 10.2 Å². The molecule has 0 bridgehead atoms. The average Bonchev–Trinajstić information content (AvgIpc) is 2.66. The third-order valence-corrected chi connectivity index (χ3v) is 4.71. The number of benzene rings is 1. The predicted octanol–water partition coefficient (Wildman–Crippen LogP) is 0.741. The molecule has 7 nitrogen and oxygen atoms in total. The van der Waals surface area contributed by atoms with Crippen molar-refractivity contribution in [2.75, 3.05) is 12.8 Å². The molecule has 2 amide bonds. The fraction of sp³-hybridized carbons (Fsp3) is 0.316. The summed E-state index contributed by atoms with van der Waals surface area (Å²) in [5.74, 6) is -1.79. The Bertz CT molecular complexity index is 795. The number of primary amides is 1. The van der Waals surface area contributed by atoms with Crippen molar-refractivity contribution in [2.24, 2.45) is 11.7 Å². The van der Waals surface area contributed by atoms with E-state index in [4.69, 9.17) is 11.5 Å². The van der Waals surface area contributed by atoms with Crippen LogP contribution >= 0.6 is 0 Å². The molecule has 6 N–H and O–H groups in total. The van der Waals surface area contributed by atoms with E-state index in [-0.39, 0.29) is 24.7 Å². The molecule has 2 rings (SSSR count). The van der Waals surface area contributed by atoms with Gasteiger partial charge in [-0.25, -0.2) is 9.37 Å². The molecule has 0 radical (unpaired) electrons. The number of carbonyl (C=O) groups is 2. The second-order valence-electron chi connectivity index (χ2n) is 6.51. The lowest BCUT2D eigenvalue weighted by Gasteiger charge is -2.34. The quantitative estimate of drug-likeness (QED) is 0.543. The summed E-state index contributed by atoms with van der Waals surface area (Å²) >= 11 is 0. The Hall–Kier alpha value is -3.00. The molecule has 1 unspecified atom stereocenters. The number of nitrogen functional groups attached to an aromatic ring is 1. The molecule has 8 heteroatoms. The first-order chi connectivity index (χ1) is 12.8. The van der Waals surface area contributed by atoms with Crippen molar-refractivity contribution in [3.05, 3.63) is 59.5 Å². The molecule has 0 aliphatic carbocycles. The van der Waals surface area contributed by atoms with Crippen molar-refractivity contribution in [2.45, 2.75) is 25.4 Å². The smallest absolute Gasteiger partial charge is 0.238 e. The van der Waals surface area contributed by atoms with Gasteiger partial charge in [-0.05, 0) is 49.7 Å². The number of hydrogen-bond donors (Lipinski definition) is 4. The van der Waals surface area contributed by atoms with E-state index in [1.807, 2.05) is 0 Å². The van der Waals surface area contributed by atoms with Crippen LogP contribution in [0.5, 0.6) is 0 Å². The maximum absolute atomic E-state index is 13.2. The third-order valence-electron chi connectivity index (χ3n) is 4.71. The van der Waals surface area contributed by atoms with Gasteiger partial charge in [-0.15, -0.1) is 0 Å². The minimum atomic E-state index is -1.28. The van der Waals surface area contributed by atoms with E-state index in [2.05, 4.69) is 15.6 Å². The van der Waals surface area contributed by atoms with Gasteiger partial charge in [0.25, 0.3) is 0 Å². The fourth-order valence-corrected chi connectivity index (χ4v) is 2.74. The standard InChI is InChI=1S/C19H24FN5O2/c1-19(23-2,18(22)27)15(9-12-3-6-14(20)7-4-12)17(26)25-11-13-5-8-16(21)24-10-13/h3-8,10,15,23H,9,11H2,1-2H3,(H2,21,24)(H2,22,27)(H,25,26)/t15-,19?/m1/s1. The molecule has 0 fully saturated rings. The van der Waals surface area contributed by atoms with Crippen LogP contribution in [0.1, 0.15) is 18.1 Å². The molecule has 144 valence electrons. The Balaban J connectivity index is 2.21. The van der Waals surface area contributed by atoms with Crippen LogP contribution < -0.4 is 22.1 Å². The second kappa shape index (κ2) is 8.59. The van der Waals surface area contributed by atoms with Gasteiger partial charge in [0.05, 0.1) is 5.92 Å². The summed E-state index contributed by atoms with van der Waals surface area (Å²) in [6.45, 7) is 1.80. The summed E-state index contributed by atoms with van der Waals surface area (Å²) < 4.78 is 13.2. The second-order valence-corrected chi connectivity index (χ2v) is 6.51. The lowest BCUT2D eigenvalue weighted by Crippen LogP contribution is -2.61. The first kappa shape index (κ1) is 20.3. The van der Waals surface area contributed by atoms with Gasteiger partial charge in [-0.2, -0.15) is 0 Å². The zero-order valence-corrected chi connectivity index (χ0v) is 15.3. The normalized spacial score (nSPS) is 14.2. The number of rotatable bonds is 8. The topological polar surface area (TPSA) is 123 Å². The number of pyridine rings is 1. The fourth-order valence-electron chi connectivity index (χ4n) is 2.74. The van der Waals surface area contributed by atoms with Crippen molar-refractivity contribution >= 4 is 17.6 Å². The van der Waals surface area contributed by atoms with Crippen LogP contribution in [-0.4, -0.2) is 29.4 Å². The van der Waals surface area contributed by atoms with Gasteiger partial charge in [0.15, 0.2) is 0 Å². The molecule has 1 aromatic heterocycles. The van der Waals surface area contributed by atoms with Crippen molar-refractivity contribution in [1.82, 2.24) is 15.6 Å². The number of aromatic nitrogens is 1. The highest BCUT2D eigenvalue weighted by Crippen LogP contribution is 2.23. The van der Waals surface area contributed by atoms with Crippen LogP contribution in [0.3, 0.4) is 0 Å². The third kappa shape index (κ3) is 5.01. The first-order valence-corrected chi connectivity index (χ1v) is 8.47. The van der Waals surface area contributed by atoms with Gasteiger partial charge >= 0.3 is 0 Å². The summed E-state index contributed by atoms with van der Waals surface area (Å²) in [6, 6.07) is 9.17. The summed E-state index contributed by atoms with van der Waals surface area (Å²) in [7, 11) is 1.57. The zero-order valence-electron chi connectivity index (χ0n) is 15.3. The van der Waals surface area contributed by atoms with Crippen LogP contribution in [0.15, 0.2) is 42.6 Å². The molecular formula is C19H24FN5O2. The van der Waals surface area contributed by atoms with E-state index in [0.717, 1.165) is 5.56 Å². The van der Waals surface area contributed by atoms with E-state index in [1.165, 1.54) is 12.1 Å². The van der Waals surface area contributed by atoms with Crippen LogP contribution in [-0.2, 0) is 22.6 Å². The molecule has 1 heterocycles. The Morgan fingerprint density at radius 1 is 1.19 bits per heavy atom. The monoisotopic (exact) mass is 373 g/mol. The van der Waals surface area contributed by atoms with E-state index in [9.17, 15) is 14.0 Å². The van der Waals surface area contributed by atoms with Gasteiger partial charge in [0, 0.05) is 12.7 Å². The minimum Gasteiger partial charge on any atom is -0.384 e. The van der Waals surface area contributed by atoms with Crippen LogP contribution in [0, 0.1) is 11.7 Å². The number of likely N-dealkylation sites (N-methyl/N-ethyl adjacent to an activating group) is 1. The van der Waals surface area contributed by atoms with Crippen LogP contribution in [0.25, 0.3) is 0 Å². The minimum absolute atomic E-state index is 0.215. The van der Waals surface area contributed by atoms with E-state index < -0.39 is 17.4 Å². The molecule has 0 saturated carbocycles. The lowest BCUT2D eigenvalue weighted by molar-refractivity contribution is -0.135. The Morgan fingerprint density at radius 3 is 2.33 bits per heavy atom. The highest BCUT2D eigenvalue weighted by molar-refractivity contribution is 5.92. The highest BCUT2D eigenvalue weighted by Gasteiger charge is 2.42. The van der Waals surface area contributed by atoms with E-state index in [1.54, 1.807) is 44.4 Å². The van der Waals surface area contributed by atoms with Crippen LogP contribution in [0.2, 0.25) is 0 Å². The maximum atomic E-state index is 13.2. The largest absolute Gasteiger partial charge is 0.384 e. The van der Waals surface area contributed by atoms with Gasteiger partial charge < -0.3 is 22.1 Å². The van der Waals surface area contributed by atoms with Crippen molar-refractivity contribution < 1.29 is 14.0 Å². The maximum Gasteiger partial charge on any atom is 0.238 e. The summed E-state index contributed by atoms with van der Waals surface area (Å²) in [6.07, 6.45) is 1.78. The summed E-state index contributed by atoms with van der Waals surface area (Å²) in [4.78, 5) is 28.9. The molecule has 0 spiro atoms. The van der Waals surface area contributed by atoms with E-state index >= 15 is 0 Å². The number of nitrogens with one attached hydrogen (secondary N) is 2. The molecule has 2 atom stereocenters.